The van der Waals surface area contributed by atoms with Crippen LogP contribution in [-0.2, 0) is 9.84 Å². The molecule has 0 spiro atoms. The first-order chi connectivity index (χ1) is 7.97. The number of nitrogens with zero attached hydrogens (tertiary/aromatic N) is 1. The fourth-order valence-corrected chi connectivity index (χ4v) is 3.73. The first kappa shape index (κ1) is 15.3. The number of sulfone groups is 1. The zero-order chi connectivity index (χ0) is 12.7. The predicted octanol–water partition coefficient (Wildman–Crippen LogP) is 0.448. The Balaban J connectivity index is 2.05. The van der Waals surface area contributed by atoms with E-state index in [1.165, 1.54) is 19.1 Å². The molecule has 0 radical (unpaired) electrons. The molecule has 0 aromatic heterocycles. The van der Waals surface area contributed by atoms with Crippen molar-refractivity contribution < 1.29 is 8.42 Å². The molecule has 102 valence electrons. The highest BCUT2D eigenvalue weighted by atomic mass is 32.2. The van der Waals surface area contributed by atoms with E-state index in [0.29, 0.717) is 6.54 Å². The summed E-state index contributed by atoms with van der Waals surface area (Å²) < 4.78 is 22.0. The van der Waals surface area contributed by atoms with Gasteiger partial charge < -0.3 is 10.2 Å². The molecule has 1 rings (SSSR count). The van der Waals surface area contributed by atoms with Crippen LogP contribution in [0.4, 0.5) is 0 Å². The van der Waals surface area contributed by atoms with E-state index in [1.807, 2.05) is 18.8 Å². The fraction of sp³-hybridized carbons (Fsp3) is 1.00. The molecule has 0 unspecified atom stereocenters. The van der Waals surface area contributed by atoms with Crippen molar-refractivity contribution in [2.45, 2.75) is 18.1 Å². The predicted molar refractivity (Wildman–Crippen MR) is 75.6 cm³/mol. The Bertz CT molecular complexity index is 301. The quantitative estimate of drug-likeness (QED) is 0.734. The summed E-state index contributed by atoms with van der Waals surface area (Å²) in [6.07, 6.45) is 3.82. The topological polar surface area (TPSA) is 49.4 Å². The number of hydrogen-bond acceptors (Lipinski definition) is 5. The largest absolute Gasteiger partial charge is 0.317 e. The van der Waals surface area contributed by atoms with Crippen LogP contribution >= 0.6 is 11.8 Å². The first-order valence-corrected chi connectivity index (χ1v) is 9.27. The summed E-state index contributed by atoms with van der Waals surface area (Å²) in [5.41, 5.74) is 0. The van der Waals surface area contributed by atoms with Gasteiger partial charge >= 0.3 is 0 Å². The van der Waals surface area contributed by atoms with Crippen LogP contribution in [0.25, 0.3) is 0 Å². The van der Waals surface area contributed by atoms with Crippen LogP contribution in [-0.4, -0.2) is 69.6 Å². The van der Waals surface area contributed by atoms with E-state index in [0.717, 1.165) is 30.6 Å². The zero-order valence-electron chi connectivity index (χ0n) is 10.8. The maximum Gasteiger partial charge on any atom is 0.148 e. The summed E-state index contributed by atoms with van der Waals surface area (Å²) in [5, 5.41) is 4.15. The van der Waals surface area contributed by atoms with Crippen LogP contribution in [0.3, 0.4) is 0 Å². The molecule has 6 heteroatoms. The molecule has 0 aromatic rings. The second kappa shape index (κ2) is 7.61. The maximum atomic E-state index is 11.0. The maximum absolute atomic E-state index is 11.0. The van der Waals surface area contributed by atoms with E-state index >= 15 is 0 Å². The highest BCUT2D eigenvalue weighted by molar-refractivity contribution is 7.99. The van der Waals surface area contributed by atoms with Gasteiger partial charge in [0.05, 0.1) is 5.75 Å². The molecule has 0 atom stereocenters. The summed E-state index contributed by atoms with van der Waals surface area (Å²) in [6, 6.07) is 0. The van der Waals surface area contributed by atoms with Gasteiger partial charge in [0, 0.05) is 30.3 Å². The summed E-state index contributed by atoms with van der Waals surface area (Å²) in [6.45, 7) is 3.90. The van der Waals surface area contributed by atoms with Crippen molar-refractivity contribution >= 4 is 21.6 Å². The van der Waals surface area contributed by atoms with Crippen molar-refractivity contribution in [3.8, 4) is 0 Å². The highest BCUT2D eigenvalue weighted by Crippen LogP contribution is 2.19. The lowest BCUT2D eigenvalue weighted by atomic mass is 10.2. The minimum Gasteiger partial charge on any atom is -0.317 e. The van der Waals surface area contributed by atoms with Crippen LogP contribution in [0, 0.1) is 0 Å². The standard InChI is InChI=1S/C11H24N2O2S2/c1-13(8-10-17(2,14)15)7-9-16-11-3-5-12-6-4-11/h11-12H,3-10H2,1-2H3. The average molecular weight is 280 g/mol. The smallest absolute Gasteiger partial charge is 0.148 e. The van der Waals surface area contributed by atoms with Gasteiger partial charge in [-0.3, -0.25) is 0 Å². The molecule has 0 bridgehead atoms. The molecule has 0 aromatic carbocycles. The van der Waals surface area contributed by atoms with Gasteiger partial charge in [0.25, 0.3) is 0 Å². The van der Waals surface area contributed by atoms with Gasteiger partial charge in [-0.25, -0.2) is 8.42 Å². The Morgan fingerprint density at radius 1 is 1.29 bits per heavy atom. The molecular weight excluding hydrogens is 256 g/mol. The SMILES string of the molecule is CN(CCSC1CCNCC1)CCS(C)(=O)=O. The molecular formula is C11H24N2O2S2. The van der Waals surface area contributed by atoms with Gasteiger partial charge in [0.2, 0.25) is 0 Å². The molecule has 1 N–H and O–H groups in total. The molecule has 1 fully saturated rings. The average Bonchev–Trinajstić information content (AvgIpc) is 2.27. The molecule has 1 aliphatic rings. The molecule has 1 aliphatic heterocycles. The molecule has 4 nitrogen and oxygen atoms in total. The summed E-state index contributed by atoms with van der Waals surface area (Å²) in [5.74, 6) is 1.37. The fourth-order valence-electron chi connectivity index (χ4n) is 1.77. The van der Waals surface area contributed by atoms with Gasteiger partial charge in [-0.1, -0.05) is 0 Å². The Morgan fingerprint density at radius 3 is 2.53 bits per heavy atom. The number of thioether (sulfide) groups is 1. The Morgan fingerprint density at radius 2 is 1.94 bits per heavy atom. The lowest BCUT2D eigenvalue weighted by Gasteiger charge is -2.23. The number of piperidine rings is 1. The van der Waals surface area contributed by atoms with E-state index in [9.17, 15) is 8.42 Å². The Labute approximate surface area is 109 Å². The molecule has 0 saturated carbocycles. The van der Waals surface area contributed by atoms with Crippen molar-refractivity contribution in [2.24, 2.45) is 0 Å². The third-order valence-corrected chi connectivity index (χ3v) is 5.24. The Kier molecular flexibility index (Phi) is 6.84. The second-order valence-electron chi connectivity index (χ2n) is 4.75. The molecule has 0 aliphatic carbocycles. The van der Waals surface area contributed by atoms with Gasteiger partial charge in [-0.05, 0) is 33.0 Å². The lowest BCUT2D eigenvalue weighted by Crippen LogP contribution is -2.31. The third-order valence-electron chi connectivity index (χ3n) is 2.96. The molecule has 1 heterocycles. The van der Waals surface area contributed by atoms with Crippen LogP contribution < -0.4 is 5.32 Å². The van der Waals surface area contributed by atoms with Crippen molar-refractivity contribution in [2.75, 3.05) is 51.0 Å². The minimum absolute atomic E-state index is 0.265. The van der Waals surface area contributed by atoms with Gasteiger partial charge in [-0.2, -0.15) is 11.8 Å². The number of nitrogens with one attached hydrogen (secondary N) is 1. The van der Waals surface area contributed by atoms with Crippen LogP contribution in [0.15, 0.2) is 0 Å². The lowest BCUT2D eigenvalue weighted by molar-refractivity contribution is 0.376. The van der Waals surface area contributed by atoms with Crippen LogP contribution in [0.5, 0.6) is 0 Å². The van der Waals surface area contributed by atoms with E-state index in [4.69, 9.17) is 0 Å². The van der Waals surface area contributed by atoms with Gasteiger partial charge in [0.1, 0.15) is 9.84 Å². The van der Waals surface area contributed by atoms with E-state index in [1.54, 1.807) is 0 Å². The van der Waals surface area contributed by atoms with Crippen LogP contribution in [0.1, 0.15) is 12.8 Å². The summed E-state index contributed by atoms with van der Waals surface area (Å²) >= 11 is 2.03. The molecule has 17 heavy (non-hydrogen) atoms. The van der Waals surface area contributed by atoms with E-state index in [-0.39, 0.29) is 5.75 Å². The van der Waals surface area contributed by atoms with Gasteiger partial charge in [-0.15, -0.1) is 0 Å². The normalized spacial score (nSPS) is 18.8. The summed E-state index contributed by atoms with van der Waals surface area (Å²) in [7, 11) is -0.827. The van der Waals surface area contributed by atoms with E-state index in [2.05, 4.69) is 10.2 Å². The van der Waals surface area contributed by atoms with Crippen molar-refractivity contribution in [1.29, 1.82) is 0 Å². The zero-order valence-corrected chi connectivity index (χ0v) is 12.4. The third kappa shape index (κ3) is 8.02. The highest BCUT2D eigenvalue weighted by Gasteiger charge is 2.13. The molecule has 1 saturated heterocycles. The second-order valence-corrected chi connectivity index (χ2v) is 8.42. The van der Waals surface area contributed by atoms with Crippen molar-refractivity contribution in [3.05, 3.63) is 0 Å². The van der Waals surface area contributed by atoms with Crippen molar-refractivity contribution in [3.63, 3.8) is 0 Å². The molecule has 0 amide bonds. The first-order valence-electron chi connectivity index (χ1n) is 6.16. The van der Waals surface area contributed by atoms with Crippen molar-refractivity contribution in [1.82, 2.24) is 10.2 Å². The number of hydrogen-bond donors (Lipinski definition) is 1. The minimum atomic E-state index is -2.82. The van der Waals surface area contributed by atoms with E-state index < -0.39 is 9.84 Å². The van der Waals surface area contributed by atoms with Crippen LogP contribution in [0.2, 0.25) is 0 Å². The number of rotatable bonds is 7. The monoisotopic (exact) mass is 280 g/mol. The Hall–Kier alpha value is 0.220. The van der Waals surface area contributed by atoms with Gasteiger partial charge in [0.15, 0.2) is 0 Å². The summed E-state index contributed by atoms with van der Waals surface area (Å²) in [4.78, 5) is 2.11.